The van der Waals surface area contributed by atoms with Gasteiger partial charge in [-0.2, -0.15) is 0 Å². The van der Waals surface area contributed by atoms with Crippen molar-refractivity contribution in [1.82, 2.24) is 4.98 Å². The Morgan fingerprint density at radius 1 is 1.00 bits per heavy atom. The molecule has 1 aromatic heterocycles. The summed E-state index contributed by atoms with van der Waals surface area (Å²) in [6, 6.07) is 13.7. The first kappa shape index (κ1) is 23.7. The molecule has 0 saturated heterocycles. The minimum absolute atomic E-state index is 0.134. The predicted octanol–water partition coefficient (Wildman–Crippen LogP) is 5.73. The van der Waals surface area contributed by atoms with E-state index in [-0.39, 0.29) is 6.42 Å². The molecule has 5 nitrogen and oxygen atoms in total. The normalized spacial score (nSPS) is 10.7. The zero-order valence-electron chi connectivity index (χ0n) is 18.3. The number of aryl methyl sites for hydroxylation is 1. The van der Waals surface area contributed by atoms with E-state index < -0.39 is 5.97 Å². The van der Waals surface area contributed by atoms with Crippen molar-refractivity contribution in [2.24, 2.45) is 0 Å². The molecule has 2 rings (SSSR count). The van der Waals surface area contributed by atoms with E-state index >= 15 is 0 Å². The SMILES string of the molecule is CCCCCCCCCN(CCOc1cccc(CCC(=O)O)c1)c1ccccn1. The minimum atomic E-state index is -0.780. The fraction of sp³-hybridized carbons (Fsp3) is 0.520. The van der Waals surface area contributed by atoms with Crippen molar-refractivity contribution in [1.29, 1.82) is 0 Å². The summed E-state index contributed by atoms with van der Waals surface area (Å²) < 4.78 is 5.96. The van der Waals surface area contributed by atoms with Crippen LogP contribution in [-0.2, 0) is 11.2 Å². The smallest absolute Gasteiger partial charge is 0.303 e. The maximum absolute atomic E-state index is 10.8. The van der Waals surface area contributed by atoms with Crippen molar-refractivity contribution in [3.63, 3.8) is 0 Å². The molecular weight excluding hydrogens is 376 g/mol. The molecule has 1 aromatic carbocycles. The van der Waals surface area contributed by atoms with Gasteiger partial charge in [-0.25, -0.2) is 4.98 Å². The lowest BCUT2D eigenvalue weighted by Gasteiger charge is -2.24. The number of unbranched alkanes of at least 4 members (excludes halogenated alkanes) is 6. The summed E-state index contributed by atoms with van der Waals surface area (Å²) in [6.45, 7) is 4.56. The molecular formula is C25H36N2O3. The van der Waals surface area contributed by atoms with Crippen LogP contribution in [0.2, 0.25) is 0 Å². The van der Waals surface area contributed by atoms with Crippen LogP contribution in [0.5, 0.6) is 5.75 Å². The number of benzene rings is 1. The summed E-state index contributed by atoms with van der Waals surface area (Å²) in [7, 11) is 0. The maximum Gasteiger partial charge on any atom is 0.303 e. The number of aliphatic carboxylic acids is 1. The van der Waals surface area contributed by atoms with E-state index in [1.54, 1.807) is 0 Å². The lowest BCUT2D eigenvalue weighted by atomic mass is 10.1. The van der Waals surface area contributed by atoms with E-state index in [0.717, 1.165) is 36.6 Å². The summed E-state index contributed by atoms with van der Waals surface area (Å²) in [4.78, 5) is 17.6. The quantitative estimate of drug-likeness (QED) is 0.357. The summed E-state index contributed by atoms with van der Waals surface area (Å²) in [6.07, 6.45) is 11.5. The Labute approximate surface area is 181 Å². The van der Waals surface area contributed by atoms with Gasteiger partial charge in [0, 0.05) is 19.2 Å². The molecule has 0 aliphatic heterocycles. The number of nitrogens with zero attached hydrogens (tertiary/aromatic N) is 2. The number of pyridine rings is 1. The van der Waals surface area contributed by atoms with Crippen LogP contribution >= 0.6 is 0 Å². The number of rotatable bonds is 16. The van der Waals surface area contributed by atoms with Gasteiger partial charge in [0.15, 0.2) is 0 Å². The molecule has 0 unspecified atom stereocenters. The standard InChI is InChI=1S/C25H36N2O3/c1-2-3-4-5-6-7-10-18-27(24-14-8-9-17-26-24)19-20-30-23-13-11-12-22(21-23)15-16-25(28)29/h8-9,11-14,17,21H,2-7,10,15-16,18-20H2,1H3,(H,28,29). The molecule has 0 aliphatic rings. The van der Waals surface area contributed by atoms with Crippen LogP contribution in [0, 0.1) is 0 Å². The Morgan fingerprint density at radius 3 is 2.53 bits per heavy atom. The van der Waals surface area contributed by atoms with Gasteiger partial charge >= 0.3 is 5.97 Å². The predicted molar refractivity (Wildman–Crippen MR) is 122 cm³/mol. The number of carboxylic acids is 1. The second-order valence-corrected chi connectivity index (χ2v) is 7.69. The molecule has 164 valence electrons. The first-order valence-electron chi connectivity index (χ1n) is 11.3. The van der Waals surface area contributed by atoms with Crippen molar-refractivity contribution in [3.8, 4) is 5.75 Å². The van der Waals surface area contributed by atoms with Gasteiger partial charge in [0.2, 0.25) is 0 Å². The van der Waals surface area contributed by atoms with E-state index in [1.165, 1.54) is 38.5 Å². The van der Waals surface area contributed by atoms with Gasteiger partial charge in [0.05, 0.1) is 6.54 Å². The van der Waals surface area contributed by atoms with Gasteiger partial charge in [-0.05, 0) is 42.7 Å². The summed E-state index contributed by atoms with van der Waals surface area (Å²) in [5, 5.41) is 8.85. The number of carboxylic acid groups (broad SMARTS) is 1. The average Bonchev–Trinajstić information content (AvgIpc) is 2.77. The van der Waals surface area contributed by atoms with E-state index in [2.05, 4.69) is 16.8 Å². The molecule has 0 bridgehead atoms. The first-order valence-corrected chi connectivity index (χ1v) is 11.3. The highest BCUT2D eigenvalue weighted by Gasteiger charge is 2.08. The molecule has 0 radical (unpaired) electrons. The molecule has 0 saturated carbocycles. The fourth-order valence-corrected chi connectivity index (χ4v) is 3.46. The van der Waals surface area contributed by atoms with E-state index in [0.29, 0.717) is 13.0 Å². The Bertz CT molecular complexity index is 721. The van der Waals surface area contributed by atoms with Crippen LogP contribution in [0.3, 0.4) is 0 Å². The van der Waals surface area contributed by atoms with Crippen LogP contribution in [0.15, 0.2) is 48.7 Å². The lowest BCUT2D eigenvalue weighted by molar-refractivity contribution is -0.136. The number of aromatic nitrogens is 1. The highest BCUT2D eigenvalue weighted by molar-refractivity contribution is 5.67. The summed E-state index contributed by atoms with van der Waals surface area (Å²) in [5.41, 5.74) is 0.986. The molecule has 30 heavy (non-hydrogen) atoms. The zero-order valence-corrected chi connectivity index (χ0v) is 18.3. The van der Waals surface area contributed by atoms with Crippen molar-refractivity contribution in [3.05, 3.63) is 54.2 Å². The number of anilines is 1. The van der Waals surface area contributed by atoms with Gasteiger partial charge in [-0.15, -0.1) is 0 Å². The van der Waals surface area contributed by atoms with Crippen LogP contribution in [0.4, 0.5) is 5.82 Å². The van der Waals surface area contributed by atoms with Gasteiger partial charge in [0.25, 0.3) is 0 Å². The second-order valence-electron chi connectivity index (χ2n) is 7.69. The van der Waals surface area contributed by atoms with Gasteiger partial charge in [-0.1, -0.05) is 63.6 Å². The maximum atomic E-state index is 10.8. The van der Waals surface area contributed by atoms with Crippen molar-refractivity contribution in [2.45, 2.75) is 64.7 Å². The van der Waals surface area contributed by atoms with Crippen LogP contribution in [-0.4, -0.2) is 35.8 Å². The van der Waals surface area contributed by atoms with Crippen molar-refractivity contribution in [2.75, 3.05) is 24.6 Å². The topological polar surface area (TPSA) is 62.7 Å². The third-order valence-electron chi connectivity index (χ3n) is 5.16. The molecule has 0 spiro atoms. The number of hydrogen-bond donors (Lipinski definition) is 1. The Morgan fingerprint density at radius 2 is 1.80 bits per heavy atom. The Hall–Kier alpha value is -2.56. The molecule has 1 N–H and O–H groups in total. The number of ether oxygens (including phenoxy) is 1. The van der Waals surface area contributed by atoms with Gasteiger partial charge in [-0.3, -0.25) is 4.79 Å². The third kappa shape index (κ3) is 9.77. The third-order valence-corrected chi connectivity index (χ3v) is 5.16. The van der Waals surface area contributed by atoms with Gasteiger partial charge < -0.3 is 14.7 Å². The van der Waals surface area contributed by atoms with Gasteiger partial charge in [0.1, 0.15) is 18.2 Å². The van der Waals surface area contributed by atoms with E-state index in [1.807, 2.05) is 48.7 Å². The second kappa shape index (κ2) is 14.4. The fourth-order valence-electron chi connectivity index (χ4n) is 3.46. The average molecular weight is 413 g/mol. The van der Waals surface area contributed by atoms with Crippen molar-refractivity contribution >= 4 is 11.8 Å². The molecule has 5 heteroatoms. The molecule has 1 heterocycles. The molecule has 0 amide bonds. The van der Waals surface area contributed by atoms with Crippen LogP contribution in [0.25, 0.3) is 0 Å². The number of carbonyl (C=O) groups is 1. The van der Waals surface area contributed by atoms with Crippen molar-refractivity contribution < 1.29 is 14.6 Å². The summed E-state index contributed by atoms with van der Waals surface area (Å²) in [5.74, 6) is 0.995. The largest absolute Gasteiger partial charge is 0.492 e. The van der Waals surface area contributed by atoms with E-state index in [4.69, 9.17) is 9.84 Å². The summed E-state index contributed by atoms with van der Waals surface area (Å²) >= 11 is 0. The van der Waals surface area contributed by atoms with Crippen LogP contribution < -0.4 is 9.64 Å². The zero-order chi connectivity index (χ0) is 21.4. The Kier molecular flexibility index (Phi) is 11.4. The highest BCUT2D eigenvalue weighted by atomic mass is 16.5. The molecule has 0 atom stereocenters. The molecule has 0 aliphatic carbocycles. The lowest BCUT2D eigenvalue weighted by Crippen LogP contribution is -2.30. The molecule has 0 fully saturated rings. The first-order chi connectivity index (χ1) is 14.7. The van der Waals surface area contributed by atoms with Crippen LogP contribution in [0.1, 0.15) is 63.9 Å². The monoisotopic (exact) mass is 412 g/mol. The number of hydrogen-bond acceptors (Lipinski definition) is 4. The van der Waals surface area contributed by atoms with E-state index in [9.17, 15) is 4.79 Å². The Balaban J connectivity index is 1.80. The minimum Gasteiger partial charge on any atom is -0.492 e. The highest BCUT2D eigenvalue weighted by Crippen LogP contribution is 2.16. The molecule has 2 aromatic rings.